The van der Waals surface area contributed by atoms with Gasteiger partial charge >= 0.3 is 12.1 Å². The van der Waals surface area contributed by atoms with Gasteiger partial charge in [0.2, 0.25) is 0 Å². The number of hydrogen-bond donors (Lipinski definition) is 1. The molecule has 4 aromatic rings. The van der Waals surface area contributed by atoms with E-state index < -0.39 is 24.2 Å². The molecule has 0 saturated heterocycles. The van der Waals surface area contributed by atoms with Gasteiger partial charge in [-0.3, -0.25) is 4.79 Å². The zero-order valence-corrected chi connectivity index (χ0v) is 19.2. The SMILES string of the molecule is Cc1ccc([C@@H](Oc2ccc3c(cnn3-c3ccc(F)cc3)c2)[C@H](C)NC(=O)C(F)(F)F)c(C)c1. The minimum atomic E-state index is -5.00. The van der Waals surface area contributed by atoms with Gasteiger partial charge in [-0.15, -0.1) is 0 Å². The van der Waals surface area contributed by atoms with E-state index in [1.165, 1.54) is 19.1 Å². The lowest BCUT2D eigenvalue weighted by atomic mass is 9.96. The fourth-order valence-electron chi connectivity index (χ4n) is 3.96. The van der Waals surface area contributed by atoms with Crippen LogP contribution in [0.1, 0.15) is 29.7 Å². The molecule has 1 N–H and O–H groups in total. The van der Waals surface area contributed by atoms with E-state index in [0.29, 0.717) is 17.0 Å². The maximum atomic E-state index is 13.3. The second kappa shape index (κ2) is 9.40. The van der Waals surface area contributed by atoms with E-state index in [4.69, 9.17) is 4.74 Å². The smallest absolute Gasteiger partial charge is 0.471 e. The lowest BCUT2D eigenvalue weighted by molar-refractivity contribution is -0.174. The van der Waals surface area contributed by atoms with Crippen LogP contribution in [0.15, 0.2) is 66.9 Å². The van der Waals surface area contributed by atoms with Crippen LogP contribution in [0.3, 0.4) is 0 Å². The van der Waals surface area contributed by atoms with Crippen molar-refractivity contribution in [1.82, 2.24) is 15.1 Å². The Labute approximate surface area is 199 Å². The van der Waals surface area contributed by atoms with Gasteiger partial charge in [-0.25, -0.2) is 9.07 Å². The fraction of sp³-hybridized carbons (Fsp3) is 0.231. The van der Waals surface area contributed by atoms with Gasteiger partial charge in [0.15, 0.2) is 0 Å². The summed E-state index contributed by atoms with van der Waals surface area (Å²) in [5.74, 6) is -1.99. The van der Waals surface area contributed by atoms with Gasteiger partial charge in [0.25, 0.3) is 0 Å². The van der Waals surface area contributed by atoms with Gasteiger partial charge in [-0.05, 0) is 74.4 Å². The number of alkyl halides is 3. The minimum absolute atomic E-state index is 0.356. The van der Waals surface area contributed by atoms with Crippen LogP contribution in [-0.4, -0.2) is 27.9 Å². The number of rotatable bonds is 6. The second-order valence-electron chi connectivity index (χ2n) is 8.41. The normalized spacial score (nSPS) is 13.5. The van der Waals surface area contributed by atoms with Crippen molar-refractivity contribution >= 4 is 16.8 Å². The van der Waals surface area contributed by atoms with E-state index in [9.17, 15) is 22.4 Å². The molecule has 0 aliphatic heterocycles. The number of amides is 1. The Kier molecular flexibility index (Phi) is 6.51. The van der Waals surface area contributed by atoms with Crippen LogP contribution in [0.2, 0.25) is 0 Å². The first-order valence-electron chi connectivity index (χ1n) is 10.9. The van der Waals surface area contributed by atoms with Crippen molar-refractivity contribution in [3.8, 4) is 11.4 Å². The van der Waals surface area contributed by atoms with Crippen molar-refractivity contribution in [2.24, 2.45) is 0 Å². The molecule has 1 amide bonds. The average molecular weight is 485 g/mol. The maximum Gasteiger partial charge on any atom is 0.471 e. The Balaban J connectivity index is 1.67. The van der Waals surface area contributed by atoms with E-state index >= 15 is 0 Å². The first kappa shape index (κ1) is 24.3. The van der Waals surface area contributed by atoms with Crippen LogP contribution in [0, 0.1) is 19.7 Å². The van der Waals surface area contributed by atoms with Crippen LogP contribution in [0.25, 0.3) is 16.6 Å². The standard InChI is InChI=1S/C26H23F4N3O2/c1-15-4-10-22(16(2)12-15)24(17(3)32-25(34)26(28,29)30)35-21-9-11-23-18(13-21)14-31-33(23)20-7-5-19(27)6-8-20/h4-14,17,24H,1-3H3,(H,32,34)/t17-,24-/m0/s1. The molecule has 0 saturated carbocycles. The molecule has 0 aliphatic carbocycles. The van der Waals surface area contributed by atoms with Crippen LogP contribution >= 0.6 is 0 Å². The lowest BCUT2D eigenvalue weighted by Crippen LogP contribution is -2.45. The van der Waals surface area contributed by atoms with Gasteiger partial charge in [0.1, 0.15) is 17.7 Å². The molecular weight excluding hydrogens is 462 g/mol. The molecule has 0 unspecified atom stereocenters. The number of carbonyl (C=O) groups is 1. The molecule has 4 rings (SSSR count). The predicted octanol–water partition coefficient (Wildman–Crippen LogP) is 5.97. The Morgan fingerprint density at radius 1 is 1.03 bits per heavy atom. The van der Waals surface area contributed by atoms with Gasteiger partial charge in [-0.2, -0.15) is 18.3 Å². The molecule has 5 nitrogen and oxygen atoms in total. The van der Waals surface area contributed by atoms with E-state index in [1.54, 1.807) is 47.3 Å². The van der Waals surface area contributed by atoms with E-state index in [1.807, 2.05) is 31.3 Å². The molecule has 182 valence electrons. The third-order valence-electron chi connectivity index (χ3n) is 5.68. The lowest BCUT2D eigenvalue weighted by Gasteiger charge is -2.28. The first-order valence-corrected chi connectivity index (χ1v) is 10.9. The molecule has 0 fully saturated rings. The van der Waals surface area contributed by atoms with Crippen molar-refractivity contribution in [3.63, 3.8) is 0 Å². The summed E-state index contributed by atoms with van der Waals surface area (Å²) in [5, 5.41) is 7.09. The highest BCUT2D eigenvalue weighted by molar-refractivity contribution is 5.82. The van der Waals surface area contributed by atoms with Crippen LogP contribution < -0.4 is 10.1 Å². The highest BCUT2D eigenvalue weighted by atomic mass is 19.4. The van der Waals surface area contributed by atoms with E-state index in [0.717, 1.165) is 22.0 Å². The summed E-state index contributed by atoms with van der Waals surface area (Å²) in [6, 6.07) is 15.6. The predicted molar refractivity (Wildman–Crippen MR) is 124 cm³/mol. The fourth-order valence-corrected chi connectivity index (χ4v) is 3.96. The van der Waals surface area contributed by atoms with Crippen molar-refractivity contribution in [2.45, 2.75) is 39.1 Å². The number of carbonyl (C=O) groups excluding carboxylic acids is 1. The summed E-state index contributed by atoms with van der Waals surface area (Å²) in [7, 11) is 0. The summed E-state index contributed by atoms with van der Waals surface area (Å²) in [6.45, 7) is 5.22. The molecule has 3 aromatic carbocycles. The number of aromatic nitrogens is 2. The third-order valence-corrected chi connectivity index (χ3v) is 5.68. The monoisotopic (exact) mass is 485 g/mol. The topological polar surface area (TPSA) is 56.1 Å². The van der Waals surface area contributed by atoms with Crippen LogP contribution in [-0.2, 0) is 4.79 Å². The summed E-state index contributed by atoms with van der Waals surface area (Å²) < 4.78 is 59.8. The van der Waals surface area contributed by atoms with Gasteiger partial charge in [0, 0.05) is 5.39 Å². The number of benzene rings is 3. The number of ether oxygens (including phenoxy) is 1. The number of nitrogens with zero attached hydrogens (tertiary/aromatic N) is 2. The van der Waals surface area contributed by atoms with Crippen LogP contribution in [0.5, 0.6) is 5.75 Å². The largest absolute Gasteiger partial charge is 0.484 e. The molecule has 35 heavy (non-hydrogen) atoms. The highest BCUT2D eigenvalue weighted by Crippen LogP contribution is 2.31. The molecule has 0 spiro atoms. The molecule has 1 aromatic heterocycles. The molecule has 0 radical (unpaired) electrons. The molecule has 2 atom stereocenters. The Bertz CT molecular complexity index is 1360. The molecule has 0 aliphatic rings. The van der Waals surface area contributed by atoms with Gasteiger partial charge in [0.05, 0.1) is 23.4 Å². The van der Waals surface area contributed by atoms with Crippen molar-refractivity contribution < 1.29 is 27.1 Å². The minimum Gasteiger partial charge on any atom is -0.484 e. The molecule has 0 bridgehead atoms. The maximum absolute atomic E-state index is 13.3. The van der Waals surface area contributed by atoms with Crippen molar-refractivity contribution in [3.05, 3.63) is 89.4 Å². The van der Waals surface area contributed by atoms with Crippen LogP contribution in [0.4, 0.5) is 17.6 Å². The molecule has 9 heteroatoms. The molecular formula is C26H23F4N3O2. The Morgan fingerprint density at radius 3 is 2.40 bits per heavy atom. The second-order valence-corrected chi connectivity index (χ2v) is 8.41. The van der Waals surface area contributed by atoms with E-state index in [-0.39, 0.29) is 5.82 Å². The zero-order chi connectivity index (χ0) is 25.3. The summed E-state index contributed by atoms with van der Waals surface area (Å²) >= 11 is 0. The highest BCUT2D eigenvalue weighted by Gasteiger charge is 2.40. The number of aryl methyl sites for hydroxylation is 2. The summed E-state index contributed by atoms with van der Waals surface area (Å²) in [5.41, 5.74) is 3.89. The average Bonchev–Trinajstić information content (AvgIpc) is 3.21. The molecule has 1 heterocycles. The zero-order valence-electron chi connectivity index (χ0n) is 19.2. The third kappa shape index (κ3) is 5.29. The summed E-state index contributed by atoms with van der Waals surface area (Å²) in [4.78, 5) is 11.6. The Hall–Kier alpha value is -3.88. The van der Waals surface area contributed by atoms with Gasteiger partial charge < -0.3 is 10.1 Å². The first-order chi connectivity index (χ1) is 16.5. The van der Waals surface area contributed by atoms with E-state index in [2.05, 4.69) is 5.10 Å². The summed E-state index contributed by atoms with van der Waals surface area (Å²) in [6.07, 6.45) is -4.27. The number of halogens is 4. The van der Waals surface area contributed by atoms with Crippen molar-refractivity contribution in [1.29, 1.82) is 0 Å². The van der Waals surface area contributed by atoms with Gasteiger partial charge in [-0.1, -0.05) is 23.8 Å². The number of fused-ring (bicyclic) bond motifs is 1. The van der Waals surface area contributed by atoms with Crippen molar-refractivity contribution in [2.75, 3.05) is 0 Å². The number of nitrogens with one attached hydrogen (secondary N) is 1. The quantitative estimate of drug-likeness (QED) is 0.343. The Morgan fingerprint density at radius 2 is 1.74 bits per heavy atom. The number of hydrogen-bond acceptors (Lipinski definition) is 3.